The van der Waals surface area contributed by atoms with E-state index in [4.69, 9.17) is 6.92 Å². The van der Waals surface area contributed by atoms with Crippen LogP contribution in [0.15, 0.2) is 30.3 Å². The fourth-order valence-corrected chi connectivity index (χ4v) is 0.778. The summed E-state index contributed by atoms with van der Waals surface area (Å²) in [6.45, 7) is 7.02. The molecule has 62 valence electrons. The molecule has 0 aliphatic rings. The quantitative estimate of drug-likeness (QED) is 0.706. The summed E-state index contributed by atoms with van der Waals surface area (Å²) >= 11 is 0. The van der Waals surface area contributed by atoms with Gasteiger partial charge in [-0.2, -0.15) is 0 Å². The van der Waals surface area contributed by atoms with Crippen LogP contribution in [0, 0.1) is 12.8 Å². The van der Waals surface area contributed by atoms with E-state index in [0.717, 1.165) is 5.69 Å². The predicted molar refractivity (Wildman–Crippen MR) is 48.5 cm³/mol. The summed E-state index contributed by atoms with van der Waals surface area (Å²) in [5, 5.41) is 2.68. The summed E-state index contributed by atoms with van der Waals surface area (Å²) in [7, 11) is 0. The molecule has 0 aliphatic heterocycles. The van der Waals surface area contributed by atoms with Gasteiger partial charge >= 0.3 is 0 Å². The van der Waals surface area contributed by atoms with E-state index in [2.05, 4.69) is 5.32 Å². The van der Waals surface area contributed by atoms with Crippen molar-refractivity contribution in [2.75, 3.05) is 5.32 Å². The zero-order valence-corrected chi connectivity index (χ0v) is 6.95. The summed E-state index contributed by atoms with van der Waals surface area (Å²) < 4.78 is 0. The van der Waals surface area contributed by atoms with E-state index in [1.807, 2.05) is 30.3 Å². The molecule has 1 aromatic rings. The molecule has 0 heterocycles. The molecule has 1 unspecified atom stereocenters. The van der Waals surface area contributed by atoms with Gasteiger partial charge in [-0.3, -0.25) is 4.79 Å². The molecule has 2 radical (unpaired) electrons. The van der Waals surface area contributed by atoms with Crippen LogP contribution in [0.1, 0.15) is 6.92 Å². The largest absolute Gasteiger partial charge is 0.326 e. The zero-order valence-electron chi connectivity index (χ0n) is 6.95. The van der Waals surface area contributed by atoms with Gasteiger partial charge in [-0.25, -0.2) is 0 Å². The first-order chi connectivity index (χ1) is 5.70. The Labute approximate surface area is 72.6 Å². The first-order valence-electron chi connectivity index (χ1n) is 3.81. The van der Waals surface area contributed by atoms with Crippen LogP contribution in [0.2, 0.25) is 0 Å². The van der Waals surface area contributed by atoms with Gasteiger partial charge in [-0.15, -0.1) is 0 Å². The van der Waals surface area contributed by atoms with E-state index >= 15 is 0 Å². The second-order valence-electron chi connectivity index (χ2n) is 2.64. The molecule has 0 spiro atoms. The molecule has 2 nitrogen and oxygen atoms in total. The molecule has 2 heteroatoms. The molecule has 1 atom stereocenters. The molecule has 1 aromatic carbocycles. The number of nitrogens with one attached hydrogen (secondary N) is 1. The average molecular weight is 161 g/mol. The van der Waals surface area contributed by atoms with E-state index in [1.165, 1.54) is 0 Å². The monoisotopic (exact) mass is 161 g/mol. The Bertz CT molecular complexity index is 254. The lowest BCUT2D eigenvalue weighted by atomic mass is 10.2. The highest BCUT2D eigenvalue weighted by molar-refractivity contribution is 5.92. The van der Waals surface area contributed by atoms with Gasteiger partial charge in [0.2, 0.25) is 5.91 Å². The van der Waals surface area contributed by atoms with Crippen molar-refractivity contribution in [1.82, 2.24) is 0 Å². The molecule has 1 amide bonds. The normalized spacial score (nSPS) is 9.92. The van der Waals surface area contributed by atoms with Gasteiger partial charge in [0.15, 0.2) is 0 Å². The number of carbonyl (C=O) groups is 1. The number of hydrogen-bond donors (Lipinski definition) is 1. The van der Waals surface area contributed by atoms with Gasteiger partial charge in [0.1, 0.15) is 0 Å². The highest BCUT2D eigenvalue weighted by Gasteiger charge is 2.05. The van der Waals surface area contributed by atoms with Crippen LogP contribution < -0.4 is 5.32 Å². The highest BCUT2D eigenvalue weighted by atomic mass is 16.1. The number of benzene rings is 1. The van der Waals surface area contributed by atoms with Crippen molar-refractivity contribution in [3.8, 4) is 0 Å². The maximum absolute atomic E-state index is 11.1. The Morgan fingerprint density at radius 3 is 2.50 bits per heavy atom. The number of para-hydroxylation sites is 1. The Hall–Kier alpha value is -1.31. The molecular weight excluding hydrogens is 150 g/mol. The van der Waals surface area contributed by atoms with Gasteiger partial charge in [0.05, 0.1) is 0 Å². The van der Waals surface area contributed by atoms with Crippen molar-refractivity contribution >= 4 is 11.6 Å². The fraction of sp³-hybridized carbons (Fsp3) is 0.200. The lowest BCUT2D eigenvalue weighted by Crippen LogP contribution is -2.17. The molecule has 0 aromatic heterocycles. The summed E-state index contributed by atoms with van der Waals surface area (Å²) in [6, 6.07) is 9.25. The molecule has 0 saturated carbocycles. The molecule has 0 fully saturated rings. The Morgan fingerprint density at radius 1 is 1.42 bits per heavy atom. The zero-order chi connectivity index (χ0) is 8.97. The van der Waals surface area contributed by atoms with Crippen molar-refractivity contribution in [3.05, 3.63) is 37.3 Å². The summed E-state index contributed by atoms with van der Waals surface area (Å²) in [5.74, 6) is -0.633. The third-order valence-corrected chi connectivity index (χ3v) is 1.45. The van der Waals surface area contributed by atoms with Gasteiger partial charge in [-0.05, 0) is 19.1 Å². The van der Waals surface area contributed by atoms with Gasteiger partial charge in [0.25, 0.3) is 0 Å². The SMILES string of the molecule is [CH]C(C)C(=O)Nc1ccccc1. The number of amides is 1. The average Bonchev–Trinajstić information content (AvgIpc) is 2.06. The molecule has 1 N–H and O–H groups in total. The first-order valence-corrected chi connectivity index (χ1v) is 3.81. The maximum atomic E-state index is 11.1. The lowest BCUT2D eigenvalue weighted by molar-refractivity contribution is -0.118. The molecule has 0 saturated heterocycles. The van der Waals surface area contributed by atoms with Crippen LogP contribution in [0.3, 0.4) is 0 Å². The van der Waals surface area contributed by atoms with Crippen LogP contribution in [0.25, 0.3) is 0 Å². The van der Waals surface area contributed by atoms with Crippen LogP contribution >= 0.6 is 0 Å². The van der Waals surface area contributed by atoms with E-state index in [0.29, 0.717) is 0 Å². The van der Waals surface area contributed by atoms with Crippen LogP contribution in [0.4, 0.5) is 5.69 Å². The third kappa shape index (κ3) is 2.38. The van der Waals surface area contributed by atoms with Crippen molar-refractivity contribution in [2.24, 2.45) is 5.92 Å². The van der Waals surface area contributed by atoms with Crippen LogP contribution in [0.5, 0.6) is 0 Å². The van der Waals surface area contributed by atoms with Gasteiger partial charge < -0.3 is 5.32 Å². The molecular formula is C10H11NO. The summed E-state index contributed by atoms with van der Waals surface area (Å²) in [6.07, 6.45) is 0. The predicted octanol–water partition coefficient (Wildman–Crippen LogP) is 1.97. The topological polar surface area (TPSA) is 29.1 Å². The minimum absolute atomic E-state index is 0.166. The second kappa shape index (κ2) is 3.90. The first kappa shape index (κ1) is 8.78. The Morgan fingerprint density at radius 2 is 2.00 bits per heavy atom. The van der Waals surface area contributed by atoms with Crippen molar-refractivity contribution in [1.29, 1.82) is 0 Å². The number of rotatable bonds is 2. The number of anilines is 1. The van der Waals surface area contributed by atoms with Crippen LogP contribution in [-0.4, -0.2) is 5.91 Å². The highest BCUT2D eigenvalue weighted by Crippen LogP contribution is 2.06. The second-order valence-corrected chi connectivity index (χ2v) is 2.64. The minimum atomic E-state index is -0.467. The summed E-state index contributed by atoms with van der Waals surface area (Å²) in [5.41, 5.74) is 0.778. The van der Waals surface area contributed by atoms with E-state index < -0.39 is 5.92 Å². The Kier molecular flexibility index (Phi) is 2.86. The van der Waals surface area contributed by atoms with Gasteiger partial charge in [0, 0.05) is 11.6 Å². The standard InChI is InChI=1S/C10H11NO/c1-8(2)10(12)11-9-6-4-3-5-7-9/h1,3-8H,2H3,(H,11,12). The molecule has 1 rings (SSSR count). The number of carbonyl (C=O) groups excluding carboxylic acids is 1. The molecule has 12 heavy (non-hydrogen) atoms. The minimum Gasteiger partial charge on any atom is -0.326 e. The van der Waals surface area contributed by atoms with E-state index in [9.17, 15) is 4.79 Å². The fourth-order valence-electron chi connectivity index (χ4n) is 0.778. The van der Waals surface area contributed by atoms with E-state index in [-0.39, 0.29) is 5.91 Å². The lowest BCUT2D eigenvalue weighted by Gasteiger charge is -2.06. The smallest absolute Gasteiger partial charge is 0.227 e. The van der Waals surface area contributed by atoms with Crippen molar-refractivity contribution in [2.45, 2.75) is 6.92 Å². The molecule has 0 aliphatic carbocycles. The van der Waals surface area contributed by atoms with Crippen molar-refractivity contribution < 1.29 is 4.79 Å². The van der Waals surface area contributed by atoms with E-state index in [1.54, 1.807) is 6.92 Å². The van der Waals surface area contributed by atoms with Crippen molar-refractivity contribution in [3.63, 3.8) is 0 Å². The number of hydrogen-bond acceptors (Lipinski definition) is 1. The third-order valence-electron chi connectivity index (χ3n) is 1.45. The Balaban J connectivity index is 2.59. The van der Waals surface area contributed by atoms with Crippen LogP contribution in [-0.2, 0) is 4.79 Å². The molecule has 0 bridgehead atoms. The van der Waals surface area contributed by atoms with Gasteiger partial charge in [-0.1, -0.05) is 25.1 Å². The summed E-state index contributed by atoms with van der Waals surface area (Å²) in [4.78, 5) is 11.1. The maximum Gasteiger partial charge on any atom is 0.227 e.